The quantitative estimate of drug-likeness (QED) is 0.748. The van der Waals surface area contributed by atoms with Gasteiger partial charge in [0.1, 0.15) is 0 Å². The molecule has 1 aliphatic rings. The molecule has 1 aliphatic carbocycles. The van der Waals surface area contributed by atoms with Crippen LogP contribution in [0.15, 0.2) is 18.2 Å². The van der Waals surface area contributed by atoms with Gasteiger partial charge in [-0.3, -0.25) is 0 Å². The fourth-order valence-electron chi connectivity index (χ4n) is 3.69. The lowest BCUT2D eigenvalue weighted by Crippen LogP contribution is -2.33. The van der Waals surface area contributed by atoms with Crippen molar-refractivity contribution < 1.29 is 0 Å². The summed E-state index contributed by atoms with van der Waals surface area (Å²) in [5.74, 6) is 1.72. The maximum absolute atomic E-state index is 3.68. The zero-order valence-electron chi connectivity index (χ0n) is 14.4. The molecule has 0 heterocycles. The summed E-state index contributed by atoms with van der Waals surface area (Å²) in [7, 11) is 0. The molecule has 1 aromatic rings. The van der Waals surface area contributed by atoms with E-state index in [0.29, 0.717) is 6.04 Å². The van der Waals surface area contributed by atoms with Crippen LogP contribution < -0.4 is 5.32 Å². The average Bonchev–Trinajstić information content (AvgIpc) is 2.66. The molecular formula is C20H33N. The van der Waals surface area contributed by atoms with Crippen molar-refractivity contribution in [1.29, 1.82) is 0 Å². The van der Waals surface area contributed by atoms with Crippen LogP contribution >= 0.6 is 0 Å². The molecule has 1 fully saturated rings. The van der Waals surface area contributed by atoms with E-state index in [4.69, 9.17) is 0 Å². The van der Waals surface area contributed by atoms with Crippen LogP contribution in [0.4, 0.5) is 0 Å². The van der Waals surface area contributed by atoms with Crippen LogP contribution in [0, 0.1) is 25.7 Å². The van der Waals surface area contributed by atoms with Crippen LogP contribution in [0.1, 0.15) is 62.6 Å². The van der Waals surface area contributed by atoms with Crippen LogP contribution in [0.25, 0.3) is 0 Å². The zero-order chi connectivity index (χ0) is 15.2. The molecule has 0 amide bonds. The van der Waals surface area contributed by atoms with Crippen molar-refractivity contribution in [2.75, 3.05) is 6.54 Å². The zero-order valence-corrected chi connectivity index (χ0v) is 14.4. The molecule has 21 heavy (non-hydrogen) atoms. The highest BCUT2D eigenvalue weighted by atomic mass is 14.9. The van der Waals surface area contributed by atoms with E-state index in [-0.39, 0.29) is 0 Å². The number of hydrogen-bond donors (Lipinski definition) is 1. The first kappa shape index (κ1) is 16.5. The van der Waals surface area contributed by atoms with Crippen LogP contribution in [0.3, 0.4) is 0 Å². The van der Waals surface area contributed by atoms with E-state index in [9.17, 15) is 0 Å². The number of aryl methyl sites for hydroxylation is 2. The molecule has 118 valence electrons. The number of nitrogens with one attached hydrogen (secondary N) is 1. The molecule has 2 atom stereocenters. The van der Waals surface area contributed by atoms with Gasteiger partial charge in [0.2, 0.25) is 0 Å². The molecule has 0 spiro atoms. The van der Waals surface area contributed by atoms with Gasteiger partial charge in [-0.2, -0.15) is 0 Å². The van der Waals surface area contributed by atoms with Gasteiger partial charge in [-0.25, -0.2) is 0 Å². The molecule has 0 radical (unpaired) electrons. The van der Waals surface area contributed by atoms with Crippen molar-refractivity contribution in [3.63, 3.8) is 0 Å². The maximum Gasteiger partial charge on any atom is 0.00104 e. The molecule has 0 aromatic heterocycles. The van der Waals surface area contributed by atoms with E-state index in [1.54, 1.807) is 5.56 Å². The number of rotatable bonds is 5. The molecule has 2 rings (SSSR count). The molecular weight excluding hydrogens is 254 g/mol. The van der Waals surface area contributed by atoms with Crippen molar-refractivity contribution in [3.8, 4) is 0 Å². The fourth-order valence-corrected chi connectivity index (χ4v) is 3.69. The first-order chi connectivity index (χ1) is 10.1. The fraction of sp³-hybridized carbons (Fsp3) is 0.700. The second-order valence-electron chi connectivity index (χ2n) is 7.36. The first-order valence-corrected chi connectivity index (χ1v) is 8.85. The first-order valence-electron chi connectivity index (χ1n) is 8.85. The minimum absolute atomic E-state index is 0.606. The van der Waals surface area contributed by atoms with Gasteiger partial charge in [0.05, 0.1) is 0 Å². The van der Waals surface area contributed by atoms with Crippen LogP contribution in [0.2, 0.25) is 0 Å². The highest BCUT2D eigenvalue weighted by molar-refractivity contribution is 5.30. The van der Waals surface area contributed by atoms with Crippen LogP contribution in [-0.2, 0) is 6.42 Å². The summed E-state index contributed by atoms with van der Waals surface area (Å²) < 4.78 is 0. The van der Waals surface area contributed by atoms with Crippen LogP contribution in [0.5, 0.6) is 0 Å². The van der Waals surface area contributed by atoms with Crippen molar-refractivity contribution in [2.24, 2.45) is 11.8 Å². The molecule has 1 saturated carbocycles. The Morgan fingerprint density at radius 1 is 1.05 bits per heavy atom. The van der Waals surface area contributed by atoms with Gasteiger partial charge in [-0.1, -0.05) is 56.9 Å². The molecule has 1 N–H and O–H groups in total. The second kappa shape index (κ2) is 7.98. The Bertz CT molecular complexity index is 435. The Labute approximate surface area is 131 Å². The normalized spacial score (nSPS) is 23.3. The topological polar surface area (TPSA) is 12.0 Å². The van der Waals surface area contributed by atoms with Crippen molar-refractivity contribution in [2.45, 2.75) is 72.3 Å². The Hall–Kier alpha value is -0.820. The Kier molecular flexibility index (Phi) is 6.29. The summed E-state index contributed by atoms with van der Waals surface area (Å²) in [5, 5.41) is 3.68. The summed E-state index contributed by atoms with van der Waals surface area (Å²) in [5.41, 5.74) is 4.46. The van der Waals surface area contributed by atoms with E-state index < -0.39 is 0 Å². The standard InChI is InChI=1S/C20H33N/c1-15(2)21-14-19-9-7-5-6-8-18(19)13-20-12-16(3)10-11-17(20)4/h10-12,15,18-19,21H,5-9,13-14H2,1-4H3. The lowest BCUT2D eigenvalue weighted by molar-refractivity contribution is 0.291. The Balaban J connectivity index is 2.07. The number of hydrogen-bond acceptors (Lipinski definition) is 1. The molecule has 0 saturated heterocycles. The van der Waals surface area contributed by atoms with E-state index in [1.807, 2.05) is 0 Å². The SMILES string of the molecule is Cc1ccc(C)c(CC2CCCCCC2CNC(C)C)c1. The van der Waals surface area contributed by atoms with E-state index in [0.717, 1.165) is 11.8 Å². The van der Waals surface area contributed by atoms with Crippen molar-refractivity contribution >= 4 is 0 Å². The molecule has 1 aromatic carbocycles. The summed E-state index contributed by atoms with van der Waals surface area (Å²) in [4.78, 5) is 0. The van der Waals surface area contributed by atoms with Gasteiger partial charge in [0.25, 0.3) is 0 Å². The summed E-state index contributed by atoms with van der Waals surface area (Å²) in [6.45, 7) is 10.2. The van der Waals surface area contributed by atoms with Gasteiger partial charge < -0.3 is 5.32 Å². The van der Waals surface area contributed by atoms with Crippen molar-refractivity contribution in [1.82, 2.24) is 5.32 Å². The largest absolute Gasteiger partial charge is 0.314 e. The van der Waals surface area contributed by atoms with Crippen LogP contribution in [-0.4, -0.2) is 12.6 Å². The second-order valence-corrected chi connectivity index (χ2v) is 7.36. The molecule has 1 heteroatoms. The minimum atomic E-state index is 0.606. The lowest BCUT2D eigenvalue weighted by atomic mass is 9.82. The van der Waals surface area contributed by atoms with E-state index in [2.05, 4.69) is 51.2 Å². The average molecular weight is 287 g/mol. The molecule has 2 unspecified atom stereocenters. The third-order valence-electron chi connectivity index (χ3n) is 5.09. The third kappa shape index (κ3) is 5.14. The molecule has 0 aliphatic heterocycles. The summed E-state index contributed by atoms with van der Waals surface area (Å²) in [6, 6.07) is 7.55. The summed E-state index contributed by atoms with van der Waals surface area (Å²) in [6.07, 6.45) is 8.38. The monoisotopic (exact) mass is 287 g/mol. The lowest BCUT2D eigenvalue weighted by Gasteiger charge is -2.27. The summed E-state index contributed by atoms with van der Waals surface area (Å²) >= 11 is 0. The highest BCUT2D eigenvalue weighted by Crippen LogP contribution is 2.32. The van der Waals surface area contributed by atoms with E-state index in [1.165, 1.54) is 56.2 Å². The van der Waals surface area contributed by atoms with Gasteiger partial charge in [-0.05, 0) is 62.6 Å². The highest BCUT2D eigenvalue weighted by Gasteiger charge is 2.24. The van der Waals surface area contributed by atoms with Gasteiger partial charge >= 0.3 is 0 Å². The van der Waals surface area contributed by atoms with Gasteiger partial charge in [0, 0.05) is 6.04 Å². The van der Waals surface area contributed by atoms with Gasteiger partial charge in [0.15, 0.2) is 0 Å². The maximum atomic E-state index is 3.68. The predicted molar refractivity (Wildman–Crippen MR) is 92.8 cm³/mol. The Morgan fingerprint density at radius 3 is 2.48 bits per heavy atom. The third-order valence-corrected chi connectivity index (χ3v) is 5.09. The Morgan fingerprint density at radius 2 is 1.76 bits per heavy atom. The van der Waals surface area contributed by atoms with Crippen molar-refractivity contribution in [3.05, 3.63) is 34.9 Å². The molecule has 0 bridgehead atoms. The smallest absolute Gasteiger partial charge is 0.00104 e. The molecule has 1 nitrogen and oxygen atoms in total. The number of benzene rings is 1. The van der Waals surface area contributed by atoms with Gasteiger partial charge in [-0.15, -0.1) is 0 Å². The predicted octanol–water partition coefficient (Wildman–Crippen LogP) is 5.04. The minimum Gasteiger partial charge on any atom is -0.314 e. The van der Waals surface area contributed by atoms with E-state index >= 15 is 0 Å².